The molecule has 0 aromatic carbocycles. The third-order valence-electron chi connectivity index (χ3n) is 0.492. The van der Waals surface area contributed by atoms with E-state index in [1.807, 2.05) is 0 Å². The smallest absolute Gasteiger partial charge is 0.0696 e. The van der Waals surface area contributed by atoms with Gasteiger partial charge in [0.05, 0.1) is 13.2 Å². The number of halogens is 1. The molecule has 0 aliphatic carbocycles. The topological polar surface area (TPSA) is 18.5 Å². The molecule has 0 rings (SSSR count). The molecule has 0 saturated heterocycles. The third-order valence-corrected chi connectivity index (χ3v) is 0.492. The molecule has 0 saturated carbocycles. The van der Waals surface area contributed by atoms with Crippen molar-refractivity contribution in [3.63, 3.8) is 0 Å². The zero-order chi connectivity index (χ0) is 4.83. The first-order valence-corrected chi connectivity index (χ1v) is 1.89. The fraction of sp³-hybridized carbons (Fsp3) is 1.00. The Morgan fingerprint density at radius 3 is 1.43 bits per heavy atom. The van der Waals surface area contributed by atoms with Gasteiger partial charge in [-0.25, -0.2) is 0 Å². The van der Waals surface area contributed by atoms with E-state index in [1.165, 1.54) is 0 Å². The van der Waals surface area contributed by atoms with Crippen LogP contribution in [0.2, 0.25) is 0 Å². The summed E-state index contributed by atoms with van der Waals surface area (Å²) in [6, 6.07) is 0. The Kier molecular flexibility index (Phi) is 13.9. The second kappa shape index (κ2) is 9.51. The maximum absolute atomic E-state index is 4.66. The minimum atomic E-state index is 0. The summed E-state index contributed by atoms with van der Waals surface area (Å²) in [5.41, 5.74) is 0. The lowest BCUT2D eigenvalue weighted by atomic mass is 10.8. The first kappa shape index (κ1) is 10.2. The molecule has 2 nitrogen and oxygen atoms in total. The van der Waals surface area contributed by atoms with Gasteiger partial charge < -0.3 is 21.9 Å². The van der Waals surface area contributed by atoms with Gasteiger partial charge in [-0.1, -0.05) is 0 Å². The fourth-order valence-electron chi connectivity index (χ4n) is 0.167. The van der Waals surface area contributed by atoms with Crippen molar-refractivity contribution in [2.24, 2.45) is 0 Å². The predicted octanol–water partition coefficient (Wildman–Crippen LogP) is -2.72. The predicted molar refractivity (Wildman–Crippen MR) is 23.8 cm³/mol. The van der Waals surface area contributed by atoms with E-state index in [1.54, 1.807) is 14.2 Å². The monoisotopic (exact) mass is 125 g/mol. The van der Waals surface area contributed by atoms with Gasteiger partial charge in [0, 0.05) is 14.2 Å². The van der Waals surface area contributed by atoms with Gasteiger partial charge in [-0.15, -0.1) is 0 Å². The largest absolute Gasteiger partial charge is 1.00 e. The highest BCUT2D eigenvalue weighted by molar-refractivity contribution is 4.17. The van der Waals surface area contributed by atoms with E-state index in [4.69, 9.17) is 0 Å². The summed E-state index contributed by atoms with van der Waals surface area (Å²) in [6.45, 7) is 1.38. The summed E-state index contributed by atoms with van der Waals surface area (Å²) in [5.74, 6) is 0. The quantitative estimate of drug-likeness (QED) is 0.382. The zero-order valence-electron chi connectivity index (χ0n) is 4.61. The van der Waals surface area contributed by atoms with Crippen molar-refractivity contribution in [2.75, 3.05) is 27.4 Å². The molecule has 0 spiro atoms. The van der Waals surface area contributed by atoms with Crippen LogP contribution in [0.4, 0.5) is 0 Å². The van der Waals surface area contributed by atoms with Crippen LogP contribution >= 0.6 is 0 Å². The normalized spacial score (nSPS) is 7.71. The molecule has 0 aliphatic heterocycles. The molecule has 0 atom stereocenters. The Morgan fingerprint density at radius 1 is 1.00 bits per heavy atom. The second-order valence-corrected chi connectivity index (χ2v) is 0.986. The minimum Gasteiger partial charge on any atom is -1.00 e. The number of hydrogen-bond donors (Lipinski definition) is 0. The Labute approximate surface area is 50.2 Å². The first-order valence-electron chi connectivity index (χ1n) is 1.89. The Hall–Kier alpha value is 0.210. The van der Waals surface area contributed by atoms with Crippen LogP contribution in [-0.4, -0.2) is 27.4 Å². The number of rotatable bonds is 3. The molecule has 0 aromatic rings. The van der Waals surface area contributed by atoms with Crippen molar-refractivity contribution in [3.8, 4) is 0 Å². The molecule has 0 unspecified atom stereocenters. The van der Waals surface area contributed by atoms with Gasteiger partial charge in [-0.05, 0) is 0 Å². The Balaban J connectivity index is 0. The zero-order valence-corrected chi connectivity index (χ0v) is 5.36. The maximum Gasteiger partial charge on any atom is 0.0696 e. The number of hydrogen-bond acceptors (Lipinski definition) is 2. The summed E-state index contributed by atoms with van der Waals surface area (Å²) in [7, 11) is 3.30. The van der Waals surface area contributed by atoms with Crippen LogP contribution in [0.5, 0.6) is 0 Å². The van der Waals surface area contributed by atoms with Gasteiger partial charge in [-0.2, -0.15) is 0 Å². The molecular formula is C4H10ClO2-. The second-order valence-electron chi connectivity index (χ2n) is 0.986. The van der Waals surface area contributed by atoms with E-state index in [2.05, 4.69) is 9.47 Å². The van der Waals surface area contributed by atoms with Gasteiger partial charge in [0.2, 0.25) is 0 Å². The van der Waals surface area contributed by atoms with E-state index in [0.717, 1.165) is 0 Å². The highest BCUT2D eigenvalue weighted by Crippen LogP contribution is 1.65. The highest BCUT2D eigenvalue weighted by Gasteiger charge is 1.73. The summed E-state index contributed by atoms with van der Waals surface area (Å²) < 4.78 is 9.31. The Bertz CT molecular complexity index is 21.7. The summed E-state index contributed by atoms with van der Waals surface area (Å²) >= 11 is 0. The van der Waals surface area contributed by atoms with Gasteiger partial charge >= 0.3 is 0 Å². The molecular weight excluding hydrogens is 115 g/mol. The third kappa shape index (κ3) is 10.7. The van der Waals surface area contributed by atoms with Crippen LogP contribution in [0.3, 0.4) is 0 Å². The molecule has 46 valence electrons. The average molecular weight is 126 g/mol. The SMILES string of the molecule is COCCOC.[Cl-]. The van der Waals surface area contributed by atoms with E-state index in [0.29, 0.717) is 13.2 Å². The lowest BCUT2D eigenvalue weighted by molar-refractivity contribution is -0.00000186. The fourth-order valence-corrected chi connectivity index (χ4v) is 0.167. The molecule has 0 heterocycles. The molecule has 0 amide bonds. The average Bonchev–Trinajstić information content (AvgIpc) is 1.61. The number of methoxy groups -OCH3 is 2. The summed E-state index contributed by atoms with van der Waals surface area (Å²) in [6.07, 6.45) is 0. The first-order chi connectivity index (χ1) is 2.91. The van der Waals surface area contributed by atoms with Crippen molar-refractivity contribution < 1.29 is 21.9 Å². The summed E-state index contributed by atoms with van der Waals surface area (Å²) in [5, 5.41) is 0. The molecule has 7 heavy (non-hydrogen) atoms. The van der Waals surface area contributed by atoms with Crippen LogP contribution in [-0.2, 0) is 9.47 Å². The van der Waals surface area contributed by atoms with Gasteiger partial charge in [-0.3, -0.25) is 0 Å². The van der Waals surface area contributed by atoms with Crippen LogP contribution in [0.1, 0.15) is 0 Å². The summed E-state index contributed by atoms with van der Waals surface area (Å²) in [4.78, 5) is 0. The highest BCUT2D eigenvalue weighted by atomic mass is 35.5. The van der Waals surface area contributed by atoms with Crippen molar-refractivity contribution in [3.05, 3.63) is 0 Å². The molecule has 0 N–H and O–H groups in total. The molecule has 3 heteroatoms. The van der Waals surface area contributed by atoms with Crippen molar-refractivity contribution in [2.45, 2.75) is 0 Å². The van der Waals surface area contributed by atoms with Crippen LogP contribution < -0.4 is 12.4 Å². The van der Waals surface area contributed by atoms with Gasteiger partial charge in [0.1, 0.15) is 0 Å². The molecule has 0 radical (unpaired) electrons. The van der Waals surface area contributed by atoms with E-state index in [9.17, 15) is 0 Å². The van der Waals surface area contributed by atoms with E-state index >= 15 is 0 Å². The van der Waals surface area contributed by atoms with E-state index < -0.39 is 0 Å². The van der Waals surface area contributed by atoms with Crippen molar-refractivity contribution in [1.29, 1.82) is 0 Å². The van der Waals surface area contributed by atoms with Gasteiger partial charge in [0.25, 0.3) is 0 Å². The minimum absolute atomic E-state index is 0. The lowest BCUT2D eigenvalue weighted by Gasteiger charge is -1.91. The standard InChI is InChI=1S/C4H10O2.ClH/c1-5-3-4-6-2;/h3-4H2,1-2H3;1H/p-1. The molecule has 0 bridgehead atoms. The van der Waals surface area contributed by atoms with Crippen molar-refractivity contribution in [1.82, 2.24) is 0 Å². The van der Waals surface area contributed by atoms with Crippen molar-refractivity contribution >= 4 is 0 Å². The molecule has 0 aliphatic rings. The van der Waals surface area contributed by atoms with E-state index in [-0.39, 0.29) is 12.4 Å². The molecule has 0 aromatic heterocycles. The van der Waals surface area contributed by atoms with Gasteiger partial charge in [0.15, 0.2) is 0 Å². The van der Waals surface area contributed by atoms with Crippen LogP contribution in [0, 0.1) is 0 Å². The van der Waals surface area contributed by atoms with Crippen LogP contribution in [0.25, 0.3) is 0 Å². The Morgan fingerprint density at radius 2 is 1.29 bits per heavy atom. The van der Waals surface area contributed by atoms with Crippen LogP contribution in [0.15, 0.2) is 0 Å². The molecule has 0 fully saturated rings. The maximum atomic E-state index is 4.66. The number of ether oxygens (including phenoxy) is 2. The lowest BCUT2D eigenvalue weighted by Crippen LogP contribution is -3.00.